The second-order valence-electron chi connectivity index (χ2n) is 5.15. The Morgan fingerprint density at radius 2 is 2.05 bits per heavy atom. The summed E-state index contributed by atoms with van der Waals surface area (Å²) in [5.41, 5.74) is 3.67. The number of benzene rings is 1. The average molecular weight is 261 g/mol. The minimum atomic E-state index is -0.132. The van der Waals surface area contributed by atoms with Crippen molar-refractivity contribution < 1.29 is 4.79 Å². The molecule has 1 aromatic rings. The molecule has 1 fully saturated rings. The summed E-state index contributed by atoms with van der Waals surface area (Å²) in [6.07, 6.45) is 0.986. The molecule has 0 bridgehead atoms. The minimum absolute atomic E-state index is 0.120. The summed E-state index contributed by atoms with van der Waals surface area (Å²) < 4.78 is 0. The van der Waals surface area contributed by atoms with Gasteiger partial charge in [0.25, 0.3) is 0 Å². The Balaban J connectivity index is 2.40. The molecular weight excluding hydrogens is 238 g/mol. The lowest BCUT2D eigenvalue weighted by atomic mass is 10.1. The molecule has 0 spiro atoms. The Hall–Kier alpha value is -1.55. The van der Waals surface area contributed by atoms with E-state index in [4.69, 9.17) is 0 Å². The van der Waals surface area contributed by atoms with Crippen LogP contribution in [0.4, 0.5) is 5.69 Å². The Labute approximate surface area is 115 Å². The van der Waals surface area contributed by atoms with Crippen LogP contribution < -0.4 is 15.5 Å². The fourth-order valence-corrected chi connectivity index (χ4v) is 2.80. The minimum Gasteiger partial charge on any atom is -0.358 e. The number of nitrogens with zero attached hydrogens (tertiary/aromatic N) is 1. The number of likely N-dealkylation sites (N-methyl/N-ethyl adjacent to an activating group) is 1. The third-order valence-electron chi connectivity index (χ3n) is 3.68. The number of aryl methyl sites for hydroxylation is 2. The molecule has 19 heavy (non-hydrogen) atoms. The maximum Gasteiger partial charge on any atom is 0.244 e. The summed E-state index contributed by atoms with van der Waals surface area (Å²) in [5, 5.41) is 6.13. The first-order chi connectivity index (χ1) is 9.15. The smallest absolute Gasteiger partial charge is 0.244 e. The molecule has 104 valence electrons. The number of carbonyl (C=O) groups is 1. The van der Waals surface area contributed by atoms with Gasteiger partial charge in [-0.05, 0) is 38.4 Å². The molecule has 2 N–H and O–H groups in total. The Morgan fingerprint density at radius 1 is 1.37 bits per heavy atom. The van der Waals surface area contributed by atoms with Crippen molar-refractivity contribution in [1.29, 1.82) is 0 Å². The predicted octanol–water partition coefficient (Wildman–Crippen LogP) is 1.22. The van der Waals surface area contributed by atoms with Gasteiger partial charge in [0.1, 0.15) is 6.04 Å². The van der Waals surface area contributed by atoms with Gasteiger partial charge >= 0.3 is 0 Å². The van der Waals surface area contributed by atoms with Crippen LogP contribution in [-0.4, -0.2) is 38.6 Å². The summed E-state index contributed by atoms with van der Waals surface area (Å²) in [6, 6.07) is 6.16. The summed E-state index contributed by atoms with van der Waals surface area (Å²) >= 11 is 0. The van der Waals surface area contributed by atoms with Crippen molar-refractivity contribution in [3.05, 3.63) is 29.3 Å². The van der Waals surface area contributed by atoms with Gasteiger partial charge in [0.15, 0.2) is 0 Å². The Bertz CT molecular complexity index is 438. The molecule has 1 aliphatic heterocycles. The highest BCUT2D eigenvalue weighted by Gasteiger charge is 2.29. The van der Waals surface area contributed by atoms with Gasteiger partial charge in [0, 0.05) is 25.3 Å². The molecule has 1 amide bonds. The van der Waals surface area contributed by atoms with Crippen LogP contribution in [0.15, 0.2) is 18.2 Å². The number of anilines is 1. The number of para-hydroxylation sites is 1. The van der Waals surface area contributed by atoms with E-state index >= 15 is 0 Å². The molecule has 4 nitrogen and oxygen atoms in total. The van der Waals surface area contributed by atoms with Crippen molar-refractivity contribution in [3.63, 3.8) is 0 Å². The van der Waals surface area contributed by atoms with Crippen LogP contribution in [0.1, 0.15) is 17.5 Å². The third-order valence-corrected chi connectivity index (χ3v) is 3.68. The SMILES string of the molecule is CNCC1C(=O)NCCCN1c1c(C)cccc1C. The maximum absolute atomic E-state index is 12.2. The normalized spacial score (nSPS) is 20.1. The number of rotatable bonds is 3. The summed E-state index contributed by atoms with van der Waals surface area (Å²) in [6.45, 7) is 6.57. The highest BCUT2D eigenvalue weighted by atomic mass is 16.2. The van der Waals surface area contributed by atoms with Crippen molar-refractivity contribution in [2.24, 2.45) is 0 Å². The van der Waals surface area contributed by atoms with Gasteiger partial charge < -0.3 is 15.5 Å². The van der Waals surface area contributed by atoms with Crippen LogP contribution in [0.5, 0.6) is 0 Å². The Morgan fingerprint density at radius 3 is 2.68 bits per heavy atom. The molecule has 1 heterocycles. The van der Waals surface area contributed by atoms with Gasteiger partial charge in [-0.3, -0.25) is 4.79 Å². The molecule has 4 heteroatoms. The van der Waals surface area contributed by atoms with Crippen LogP contribution in [-0.2, 0) is 4.79 Å². The van der Waals surface area contributed by atoms with Crippen LogP contribution in [0.2, 0.25) is 0 Å². The van der Waals surface area contributed by atoms with E-state index in [9.17, 15) is 4.79 Å². The molecule has 1 saturated heterocycles. The lowest BCUT2D eigenvalue weighted by Gasteiger charge is -2.33. The standard InChI is InChI=1S/C15H23N3O/c1-11-6-4-7-12(2)14(11)18-9-5-8-17-15(19)13(18)10-16-3/h4,6-7,13,16H,5,8-10H2,1-3H3,(H,17,19). The topological polar surface area (TPSA) is 44.4 Å². The number of hydrogen-bond acceptors (Lipinski definition) is 3. The number of carbonyl (C=O) groups excluding carboxylic acids is 1. The number of amides is 1. The van der Waals surface area contributed by atoms with E-state index in [1.807, 2.05) is 7.05 Å². The van der Waals surface area contributed by atoms with E-state index in [2.05, 4.69) is 47.6 Å². The first-order valence-electron chi connectivity index (χ1n) is 6.90. The fourth-order valence-electron chi connectivity index (χ4n) is 2.80. The van der Waals surface area contributed by atoms with Crippen molar-refractivity contribution in [2.75, 3.05) is 31.6 Å². The van der Waals surface area contributed by atoms with Gasteiger partial charge in [-0.1, -0.05) is 18.2 Å². The van der Waals surface area contributed by atoms with Gasteiger partial charge in [0.05, 0.1) is 0 Å². The second kappa shape index (κ2) is 6.06. The van der Waals surface area contributed by atoms with E-state index in [-0.39, 0.29) is 11.9 Å². The molecule has 2 rings (SSSR count). The lowest BCUT2D eigenvalue weighted by molar-refractivity contribution is -0.121. The largest absolute Gasteiger partial charge is 0.358 e. The molecule has 0 radical (unpaired) electrons. The fraction of sp³-hybridized carbons (Fsp3) is 0.533. The number of nitrogens with one attached hydrogen (secondary N) is 2. The predicted molar refractivity (Wildman–Crippen MR) is 78.6 cm³/mol. The molecule has 0 aliphatic carbocycles. The highest BCUT2D eigenvalue weighted by molar-refractivity contribution is 5.86. The molecule has 1 atom stereocenters. The molecular formula is C15H23N3O. The van der Waals surface area contributed by atoms with E-state index < -0.39 is 0 Å². The molecule has 1 unspecified atom stereocenters. The highest BCUT2D eigenvalue weighted by Crippen LogP contribution is 2.27. The summed E-state index contributed by atoms with van der Waals surface area (Å²) in [5.74, 6) is 0.120. The van der Waals surface area contributed by atoms with Crippen LogP contribution >= 0.6 is 0 Å². The second-order valence-corrected chi connectivity index (χ2v) is 5.15. The third kappa shape index (κ3) is 2.89. The number of hydrogen-bond donors (Lipinski definition) is 2. The molecule has 1 aromatic carbocycles. The molecule has 0 aromatic heterocycles. The quantitative estimate of drug-likeness (QED) is 0.860. The van der Waals surface area contributed by atoms with Gasteiger partial charge in [0.2, 0.25) is 5.91 Å². The first kappa shape index (κ1) is 13.9. The Kier molecular flexibility index (Phi) is 4.43. The van der Waals surface area contributed by atoms with Crippen LogP contribution in [0.3, 0.4) is 0 Å². The van der Waals surface area contributed by atoms with Crippen molar-refractivity contribution in [2.45, 2.75) is 26.3 Å². The van der Waals surface area contributed by atoms with Gasteiger partial charge in [-0.25, -0.2) is 0 Å². The lowest BCUT2D eigenvalue weighted by Crippen LogP contribution is -2.50. The maximum atomic E-state index is 12.2. The average Bonchev–Trinajstić information content (AvgIpc) is 2.54. The van der Waals surface area contributed by atoms with Crippen molar-refractivity contribution in [3.8, 4) is 0 Å². The summed E-state index contributed by atoms with van der Waals surface area (Å²) in [4.78, 5) is 14.5. The van der Waals surface area contributed by atoms with E-state index in [0.29, 0.717) is 6.54 Å². The van der Waals surface area contributed by atoms with Crippen molar-refractivity contribution >= 4 is 11.6 Å². The van der Waals surface area contributed by atoms with E-state index in [1.165, 1.54) is 16.8 Å². The summed E-state index contributed by atoms with van der Waals surface area (Å²) in [7, 11) is 1.89. The van der Waals surface area contributed by atoms with Crippen LogP contribution in [0, 0.1) is 13.8 Å². The zero-order valence-corrected chi connectivity index (χ0v) is 12.0. The first-order valence-corrected chi connectivity index (χ1v) is 6.90. The van der Waals surface area contributed by atoms with Gasteiger partial charge in [-0.2, -0.15) is 0 Å². The zero-order chi connectivity index (χ0) is 13.8. The molecule has 1 aliphatic rings. The van der Waals surface area contributed by atoms with Crippen molar-refractivity contribution in [1.82, 2.24) is 10.6 Å². The molecule has 0 saturated carbocycles. The van der Waals surface area contributed by atoms with E-state index in [1.54, 1.807) is 0 Å². The van der Waals surface area contributed by atoms with E-state index in [0.717, 1.165) is 19.5 Å². The van der Waals surface area contributed by atoms with Crippen LogP contribution in [0.25, 0.3) is 0 Å². The monoisotopic (exact) mass is 261 g/mol. The zero-order valence-electron chi connectivity index (χ0n) is 12.0. The van der Waals surface area contributed by atoms with Gasteiger partial charge in [-0.15, -0.1) is 0 Å².